The van der Waals surface area contributed by atoms with E-state index in [2.05, 4.69) is 10.5 Å². The molecule has 3 rings (SSSR count). The fraction of sp³-hybridized carbons (Fsp3) is 0.263. The van der Waals surface area contributed by atoms with Crippen LogP contribution in [0.2, 0.25) is 0 Å². The lowest BCUT2D eigenvalue weighted by atomic mass is 10.0. The Morgan fingerprint density at radius 1 is 1.27 bits per heavy atom. The highest BCUT2D eigenvalue weighted by Crippen LogP contribution is 2.33. The maximum Gasteiger partial charge on any atom is 0.268 e. The number of methoxy groups -OCH3 is 2. The van der Waals surface area contributed by atoms with E-state index in [0.717, 1.165) is 5.56 Å². The van der Waals surface area contributed by atoms with Crippen molar-refractivity contribution in [1.29, 1.82) is 0 Å². The zero-order valence-electron chi connectivity index (χ0n) is 14.8. The van der Waals surface area contributed by atoms with Gasteiger partial charge in [0.1, 0.15) is 5.75 Å². The summed E-state index contributed by atoms with van der Waals surface area (Å²) in [4.78, 5) is 17.8. The van der Waals surface area contributed by atoms with Crippen LogP contribution in [-0.2, 0) is 9.63 Å². The molecule has 0 saturated carbocycles. The van der Waals surface area contributed by atoms with Gasteiger partial charge in [0.05, 0.1) is 25.6 Å². The summed E-state index contributed by atoms with van der Waals surface area (Å²) in [6.07, 6.45) is -0.511. The SMILES string of the molecule is COc1cccc(C2=NO[C@@H](C(=O)Nc3cc(C)ccc3O)C2)c1OC. The third kappa shape index (κ3) is 3.42. The van der Waals surface area contributed by atoms with Crippen LogP contribution in [-0.4, -0.2) is 37.0 Å². The fourth-order valence-corrected chi connectivity index (χ4v) is 2.75. The summed E-state index contributed by atoms with van der Waals surface area (Å²) in [5.74, 6) is 0.726. The Labute approximate surface area is 151 Å². The average molecular weight is 356 g/mol. The average Bonchev–Trinajstić information content (AvgIpc) is 3.14. The second-order valence-electron chi connectivity index (χ2n) is 5.89. The molecular formula is C19H20N2O5. The van der Waals surface area contributed by atoms with Crippen molar-refractivity contribution in [2.24, 2.45) is 5.16 Å². The number of nitrogens with one attached hydrogen (secondary N) is 1. The summed E-state index contributed by atoms with van der Waals surface area (Å²) in [5, 5.41) is 16.6. The van der Waals surface area contributed by atoms with E-state index >= 15 is 0 Å². The van der Waals surface area contributed by atoms with Crippen LogP contribution in [0, 0.1) is 6.92 Å². The molecule has 0 aromatic heterocycles. The Morgan fingerprint density at radius 2 is 2.08 bits per heavy atom. The topological polar surface area (TPSA) is 89.4 Å². The normalized spacial score (nSPS) is 15.8. The van der Waals surface area contributed by atoms with Crippen LogP contribution in [0.25, 0.3) is 0 Å². The van der Waals surface area contributed by atoms with Crippen LogP contribution in [0.5, 0.6) is 17.2 Å². The minimum Gasteiger partial charge on any atom is -0.506 e. The van der Waals surface area contributed by atoms with E-state index < -0.39 is 6.10 Å². The molecule has 1 amide bonds. The van der Waals surface area contributed by atoms with Crippen molar-refractivity contribution in [2.75, 3.05) is 19.5 Å². The molecule has 7 heteroatoms. The van der Waals surface area contributed by atoms with Gasteiger partial charge < -0.3 is 24.7 Å². The minimum absolute atomic E-state index is 0.00227. The minimum atomic E-state index is -0.791. The third-order valence-electron chi connectivity index (χ3n) is 4.09. The van der Waals surface area contributed by atoms with E-state index in [1.165, 1.54) is 6.07 Å². The molecule has 136 valence electrons. The number of amides is 1. The van der Waals surface area contributed by atoms with Crippen LogP contribution >= 0.6 is 0 Å². The smallest absolute Gasteiger partial charge is 0.268 e. The van der Waals surface area contributed by atoms with Crippen LogP contribution in [0.3, 0.4) is 0 Å². The molecule has 26 heavy (non-hydrogen) atoms. The van der Waals surface area contributed by atoms with E-state index in [4.69, 9.17) is 14.3 Å². The molecule has 2 aromatic rings. The number of phenols is 1. The standard InChI is InChI=1S/C19H20N2O5/c1-11-7-8-15(22)14(9-11)20-19(23)17-10-13(21-26-17)12-5-4-6-16(24-2)18(12)25-3/h4-9,17,22H,10H2,1-3H3,(H,20,23)/t17-/m1/s1. The first-order valence-corrected chi connectivity index (χ1v) is 8.08. The van der Waals surface area contributed by atoms with E-state index in [9.17, 15) is 9.90 Å². The lowest BCUT2D eigenvalue weighted by Gasteiger charge is -2.12. The zero-order chi connectivity index (χ0) is 18.7. The van der Waals surface area contributed by atoms with Gasteiger partial charge in [-0.3, -0.25) is 4.79 Å². The first-order valence-electron chi connectivity index (χ1n) is 8.08. The first kappa shape index (κ1) is 17.6. The number of aromatic hydroxyl groups is 1. The number of nitrogens with zero attached hydrogens (tertiary/aromatic N) is 1. The number of phenolic OH excluding ortho intramolecular Hbond substituents is 1. The van der Waals surface area contributed by atoms with Gasteiger partial charge in [-0.2, -0.15) is 0 Å². The highest BCUT2D eigenvalue weighted by atomic mass is 16.6. The lowest BCUT2D eigenvalue weighted by Crippen LogP contribution is -2.28. The number of aryl methyl sites for hydroxylation is 1. The molecule has 7 nitrogen and oxygen atoms in total. The zero-order valence-corrected chi connectivity index (χ0v) is 14.8. The van der Waals surface area contributed by atoms with Crippen molar-refractivity contribution in [1.82, 2.24) is 0 Å². The summed E-state index contributed by atoms with van der Waals surface area (Å²) in [7, 11) is 3.10. The van der Waals surface area contributed by atoms with Crippen molar-refractivity contribution < 1.29 is 24.2 Å². The fourth-order valence-electron chi connectivity index (χ4n) is 2.75. The molecule has 1 heterocycles. The third-order valence-corrected chi connectivity index (χ3v) is 4.09. The van der Waals surface area contributed by atoms with E-state index in [-0.39, 0.29) is 18.1 Å². The summed E-state index contributed by atoms with van der Waals surface area (Å²) < 4.78 is 10.7. The number of oxime groups is 1. The number of benzene rings is 2. The molecular weight excluding hydrogens is 336 g/mol. The monoisotopic (exact) mass is 356 g/mol. The van der Waals surface area contributed by atoms with Gasteiger partial charge in [-0.15, -0.1) is 0 Å². The largest absolute Gasteiger partial charge is 0.506 e. The number of carbonyl (C=O) groups excluding carboxylic acids is 1. The number of para-hydroxylation sites is 1. The quantitative estimate of drug-likeness (QED) is 0.804. The van der Waals surface area contributed by atoms with Gasteiger partial charge in [-0.25, -0.2) is 0 Å². The van der Waals surface area contributed by atoms with E-state index in [1.54, 1.807) is 32.4 Å². The number of anilines is 1. The van der Waals surface area contributed by atoms with Crippen LogP contribution in [0.1, 0.15) is 17.5 Å². The summed E-state index contributed by atoms with van der Waals surface area (Å²) in [6, 6.07) is 10.4. The molecule has 0 radical (unpaired) electrons. The Morgan fingerprint density at radius 3 is 2.81 bits per heavy atom. The highest BCUT2D eigenvalue weighted by Gasteiger charge is 2.31. The van der Waals surface area contributed by atoms with Gasteiger partial charge in [0, 0.05) is 12.0 Å². The van der Waals surface area contributed by atoms with Gasteiger partial charge in [0.25, 0.3) is 5.91 Å². The van der Waals surface area contributed by atoms with Crippen molar-refractivity contribution in [2.45, 2.75) is 19.4 Å². The Kier molecular flexibility index (Phi) is 4.97. The van der Waals surface area contributed by atoms with Crippen LogP contribution < -0.4 is 14.8 Å². The molecule has 0 spiro atoms. The summed E-state index contributed by atoms with van der Waals surface area (Å²) in [5.41, 5.74) is 2.56. The Bertz CT molecular complexity index is 863. The second kappa shape index (κ2) is 7.35. The Hall–Kier alpha value is -3.22. The van der Waals surface area contributed by atoms with Crippen molar-refractivity contribution in [3.8, 4) is 17.2 Å². The van der Waals surface area contributed by atoms with Gasteiger partial charge in [0.2, 0.25) is 6.10 Å². The maximum atomic E-state index is 12.5. The second-order valence-corrected chi connectivity index (χ2v) is 5.89. The van der Waals surface area contributed by atoms with Gasteiger partial charge in [0.15, 0.2) is 11.5 Å². The number of hydrogen-bond donors (Lipinski definition) is 2. The molecule has 1 aliphatic heterocycles. The summed E-state index contributed by atoms with van der Waals surface area (Å²) >= 11 is 0. The molecule has 0 aliphatic carbocycles. The maximum absolute atomic E-state index is 12.5. The van der Waals surface area contributed by atoms with Crippen LogP contribution in [0.4, 0.5) is 5.69 Å². The molecule has 0 saturated heterocycles. The molecule has 1 atom stereocenters. The lowest BCUT2D eigenvalue weighted by molar-refractivity contribution is -0.125. The highest BCUT2D eigenvalue weighted by molar-refractivity contribution is 6.08. The Balaban J connectivity index is 1.74. The number of rotatable bonds is 5. The predicted octanol–water partition coefficient (Wildman–Crippen LogP) is 2.85. The van der Waals surface area contributed by atoms with Gasteiger partial charge in [-0.1, -0.05) is 17.3 Å². The van der Waals surface area contributed by atoms with Crippen molar-refractivity contribution >= 4 is 17.3 Å². The van der Waals surface area contributed by atoms with Crippen molar-refractivity contribution in [3.05, 3.63) is 47.5 Å². The molecule has 1 aliphatic rings. The number of carbonyl (C=O) groups is 1. The molecule has 0 fully saturated rings. The number of ether oxygens (including phenoxy) is 2. The number of hydrogen-bond acceptors (Lipinski definition) is 6. The molecule has 2 aromatic carbocycles. The van der Waals surface area contributed by atoms with Gasteiger partial charge >= 0.3 is 0 Å². The summed E-state index contributed by atoms with van der Waals surface area (Å²) in [6.45, 7) is 1.87. The van der Waals surface area contributed by atoms with Crippen molar-refractivity contribution in [3.63, 3.8) is 0 Å². The molecule has 0 unspecified atom stereocenters. The van der Waals surface area contributed by atoms with Crippen LogP contribution in [0.15, 0.2) is 41.6 Å². The first-order chi connectivity index (χ1) is 12.5. The molecule has 0 bridgehead atoms. The molecule has 2 N–H and O–H groups in total. The predicted molar refractivity (Wildman–Crippen MR) is 97.0 cm³/mol. The van der Waals surface area contributed by atoms with E-state index in [1.807, 2.05) is 19.1 Å². The van der Waals surface area contributed by atoms with E-state index in [0.29, 0.717) is 28.5 Å². The van der Waals surface area contributed by atoms with Gasteiger partial charge in [-0.05, 0) is 36.8 Å².